The van der Waals surface area contributed by atoms with Gasteiger partial charge in [0.2, 0.25) is 12.7 Å². The van der Waals surface area contributed by atoms with Gasteiger partial charge in [-0.15, -0.1) is 0 Å². The van der Waals surface area contributed by atoms with E-state index in [1.165, 1.54) is 0 Å². The number of hydrogen-bond acceptors (Lipinski definition) is 5. The van der Waals surface area contributed by atoms with E-state index in [-0.39, 0.29) is 24.5 Å². The Kier molecular flexibility index (Phi) is 6.09. The van der Waals surface area contributed by atoms with Crippen LogP contribution < -0.4 is 14.8 Å². The number of carbonyl (C=O) groups is 2. The number of rotatable bonds is 4. The van der Waals surface area contributed by atoms with E-state index in [1.807, 2.05) is 29.2 Å². The second-order valence-corrected chi connectivity index (χ2v) is 9.68. The topological polar surface area (TPSA) is 85.7 Å². The maximum absolute atomic E-state index is 13.6. The zero-order valence-electron chi connectivity index (χ0n) is 20.2. The Labute approximate surface area is 210 Å². The number of benzene rings is 2. The van der Waals surface area contributed by atoms with Crippen molar-refractivity contribution in [1.82, 2.24) is 14.5 Å². The molecule has 0 aliphatic carbocycles. The Bertz CT molecular complexity index is 1280. The van der Waals surface area contributed by atoms with Crippen molar-refractivity contribution in [2.75, 3.05) is 25.2 Å². The molecule has 0 unspecified atom stereocenters. The lowest BCUT2D eigenvalue weighted by Gasteiger charge is -2.31. The van der Waals surface area contributed by atoms with E-state index in [0.29, 0.717) is 48.8 Å². The second kappa shape index (κ2) is 9.68. The van der Waals surface area contributed by atoms with E-state index in [4.69, 9.17) is 14.5 Å². The summed E-state index contributed by atoms with van der Waals surface area (Å²) in [6.07, 6.45) is 5.46. The average Bonchev–Trinajstić information content (AvgIpc) is 3.45. The van der Waals surface area contributed by atoms with Gasteiger partial charge in [-0.1, -0.05) is 36.8 Å². The Morgan fingerprint density at radius 3 is 2.56 bits per heavy atom. The Morgan fingerprint density at radius 1 is 0.917 bits per heavy atom. The van der Waals surface area contributed by atoms with Crippen molar-refractivity contribution in [3.63, 3.8) is 0 Å². The molecule has 3 aliphatic heterocycles. The molecule has 186 valence electrons. The number of amides is 2. The molecule has 0 saturated carbocycles. The van der Waals surface area contributed by atoms with Crippen molar-refractivity contribution in [1.29, 1.82) is 0 Å². The Hall–Kier alpha value is -3.81. The van der Waals surface area contributed by atoms with Crippen molar-refractivity contribution in [3.05, 3.63) is 59.9 Å². The van der Waals surface area contributed by atoms with Crippen molar-refractivity contribution in [2.45, 2.75) is 45.1 Å². The van der Waals surface area contributed by atoms with Crippen LogP contribution in [0.2, 0.25) is 0 Å². The fraction of sp³-hybridized carbons (Fsp3) is 0.393. The molecule has 1 aromatic heterocycles. The quantitative estimate of drug-likeness (QED) is 0.587. The highest BCUT2D eigenvalue weighted by atomic mass is 16.7. The second-order valence-electron chi connectivity index (χ2n) is 9.68. The summed E-state index contributed by atoms with van der Waals surface area (Å²) in [4.78, 5) is 33.3. The van der Waals surface area contributed by atoms with Gasteiger partial charge >= 0.3 is 0 Å². The smallest absolute Gasteiger partial charge is 0.274 e. The van der Waals surface area contributed by atoms with Gasteiger partial charge in [-0.25, -0.2) is 4.98 Å². The molecule has 1 saturated heterocycles. The molecule has 1 N–H and O–H groups in total. The first-order valence-corrected chi connectivity index (χ1v) is 12.8. The molecule has 0 spiro atoms. The molecule has 8 nitrogen and oxygen atoms in total. The summed E-state index contributed by atoms with van der Waals surface area (Å²) in [5.74, 6) is 2.03. The molecular weight excluding hydrogens is 456 g/mol. The van der Waals surface area contributed by atoms with E-state index in [2.05, 4.69) is 22.0 Å². The number of nitrogens with zero attached hydrogens (tertiary/aromatic N) is 3. The zero-order valence-corrected chi connectivity index (χ0v) is 20.2. The van der Waals surface area contributed by atoms with Gasteiger partial charge in [0, 0.05) is 42.9 Å². The van der Waals surface area contributed by atoms with Gasteiger partial charge in [0.25, 0.3) is 5.91 Å². The summed E-state index contributed by atoms with van der Waals surface area (Å²) >= 11 is 0. The molecule has 8 heteroatoms. The monoisotopic (exact) mass is 486 g/mol. The van der Waals surface area contributed by atoms with Crippen LogP contribution in [0.5, 0.6) is 11.5 Å². The Balaban J connectivity index is 1.14. The van der Waals surface area contributed by atoms with E-state index in [0.717, 1.165) is 49.3 Å². The standard InChI is InChI=1S/C28H30N4O4/c33-27(29-21-10-11-23-24(17-21)36-18-35-23)20-12-15-31(16-13-20)28(34)25-22-9-5-2-6-14-32(22)26(30-25)19-7-3-1-4-8-19/h1,3-4,7-8,10-11,17,20H,2,5-6,9,12-16,18H2,(H,29,33). The van der Waals surface area contributed by atoms with Crippen LogP contribution in [0.15, 0.2) is 48.5 Å². The lowest BCUT2D eigenvalue weighted by Crippen LogP contribution is -2.42. The molecule has 3 aliphatic rings. The number of ether oxygens (including phenoxy) is 2. The van der Waals surface area contributed by atoms with Gasteiger partial charge in [0.1, 0.15) is 11.5 Å². The average molecular weight is 487 g/mol. The molecular formula is C28H30N4O4. The SMILES string of the molecule is O=C(Nc1ccc2c(c1)OCO2)C1CCN(C(=O)c2nc(-c3ccccc3)n3c2CCCCC3)CC1. The highest BCUT2D eigenvalue weighted by Gasteiger charge is 2.32. The van der Waals surface area contributed by atoms with Gasteiger partial charge < -0.3 is 24.3 Å². The molecule has 0 bridgehead atoms. The maximum Gasteiger partial charge on any atom is 0.274 e. The predicted octanol–water partition coefficient (Wildman–Crippen LogP) is 4.50. The fourth-order valence-corrected chi connectivity index (χ4v) is 5.41. The molecule has 2 amide bonds. The number of anilines is 1. The molecule has 1 fully saturated rings. The first-order valence-electron chi connectivity index (χ1n) is 12.8. The number of nitrogens with one attached hydrogen (secondary N) is 1. The largest absolute Gasteiger partial charge is 0.454 e. The van der Waals surface area contributed by atoms with E-state index in [1.54, 1.807) is 12.1 Å². The van der Waals surface area contributed by atoms with E-state index >= 15 is 0 Å². The van der Waals surface area contributed by atoms with Gasteiger partial charge in [0.15, 0.2) is 11.5 Å². The van der Waals surface area contributed by atoms with E-state index < -0.39 is 0 Å². The summed E-state index contributed by atoms with van der Waals surface area (Å²) in [6, 6.07) is 15.5. The zero-order chi connectivity index (χ0) is 24.5. The third-order valence-electron chi connectivity index (χ3n) is 7.40. The van der Waals surface area contributed by atoms with Gasteiger partial charge in [-0.2, -0.15) is 0 Å². The molecule has 0 radical (unpaired) electrons. The molecule has 6 rings (SSSR count). The van der Waals surface area contributed by atoms with Crippen LogP contribution in [0.1, 0.15) is 48.3 Å². The number of likely N-dealkylation sites (tertiary alicyclic amines) is 1. The highest BCUT2D eigenvalue weighted by molar-refractivity contribution is 5.95. The van der Waals surface area contributed by atoms with Crippen LogP contribution in [0.4, 0.5) is 5.69 Å². The summed E-state index contributed by atoms with van der Waals surface area (Å²) in [5.41, 5.74) is 3.37. The first-order chi connectivity index (χ1) is 17.7. The van der Waals surface area contributed by atoms with Crippen LogP contribution in [0, 0.1) is 5.92 Å². The first kappa shape index (κ1) is 22.6. The molecule has 3 aromatic rings. The molecule has 36 heavy (non-hydrogen) atoms. The third kappa shape index (κ3) is 4.32. The highest BCUT2D eigenvalue weighted by Crippen LogP contribution is 2.35. The Morgan fingerprint density at radius 2 is 1.72 bits per heavy atom. The number of carbonyl (C=O) groups excluding carboxylic acids is 2. The van der Waals surface area contributed by atoms with Crippen LogP contribution >= 0.6 is 0 Å². The van der Waals surface area contributed by atoms with Crippen molar-refractivity contribution in [2.24, 2.45) is 5.92 Å². The minimum atomic E-state index is -0.140. The number of piperidine rings is 1. The lowest BCUT2D eigenvalue weighted by atomic mass is 9.95. The molecule has 4 heterocycles. The third-order valence-corrected chi connectivity index (χ3v) is 7.40. The van der Waals surface area contributed by atoms with Gasteiger partial charge in [0.05, 0.1) is 5.69 Å². The minimum absolute atomic E-state index is 0.0162. The summed E-state index contributed by atoms with van der Waals surface area (Å²) in [5, 5.41) is 2.99. The normalized spacial score (nSPS) is 17.4. The van der Waals surface area contributed by atoms with Gasteiger partial charge in [-0.3, -0.25) is 9.59 Å². The fourth-order valence-electron chi connectivity index (χ4n) is 5.41. The summed E-state index contributed by atoms with van der Waals surface area (Å²) in [6.45, 7) is 2.18. The van der Waals surface area contributed by atoms with Gasteiger partial charge in [-0.05, 0) is 44.2 Å². The molecule has 0 atom stereocenters. The van der Waals surface area contributed by atoms with Crippen molar-refractivity contribution >= 4 is 17.5 Å². The van der Waals surface area contributed by atoms with Crippen LogP contribution in [-0.2, 0) is 17.8 Å². The van der Waals surface area contributed by atoms with E-state index in [9.17, 15) is 9.59 Å². The molecule has 2 aromatic carbocycles. The number of aromatic nitrogens is 2. The van der Waals surface area contributed by atoms with Crippen LogP contribution in [0.25, 0.3) is 11.4 Å². The number of fused-ring (bicyclic) bond motifs is 2. The van der Waals surface area contributed by atoms with Crippen molar-refractivity contribution < 1.29 is 19.1 Å². The summed E-state index contributed by atoms with van der Waals surface area (Å²) < 4.78 is 13.0. The van der Waals surface area contributed by atoms with Crippen LogP contribution in [0.3, 0.4) is 0 Å². The maximum atomic E-state index is 13.6. The predicted molar refractivity (Wildman–Crippen MR) is 135 cm³/mol. The summed E-state index contributed by atoms with van der Waals surface area (Å²) in [7, 11) is 0. The van der Waals surface area contributed by atoms with Crippen LogP contribution in [-0.4, -0.2) is 46.1 Å². The van der Waals surface area contributed by atoms with Crippen molar-refractivity contribution in [3.8, 4) is 22.9 Å². The minimum Gasteiger partial charge on any atom is -0.454 e. The number of hydrogen-bond donors (Lipinski definition) is 1. The lowest BCUT2D eigenvalue weighted by molar-refractivity contribution is -0.121. The number of imidazole rings is 1.